The van der Waals surface area contributed by atoms with E-state index in [0.717, 1.165) is 5.92 Å². The highest BCUT2D eigenvalue weighted by Gasteiger charge is 2.48. The Morgan fingerprint density at radius 3 is 2.11 bits per heavy atom. The van der Waals surface area contributed by atoms with Gasteiger partial charge in [0.15, 0.2) is 0 Å². The van der Waals surface area contributed by atoms with Crippen LogP contribution in [0.1, 0.15) is 26.2 Å². The molecular formula is C8H12O. The molecule has 0 aliphatic heterocycles. The molecule has 2 bridgehead atoms. The first-order valence-corrected chi connectivity index (χ1v) is 3.84. The van der Waals surface area contributed by atoms with Gasteiger partial charge in [0.2, 0.25) is 0 Å². The van der Waals surface area contributed by atoms with Crippen molar-refractivity contribution >= 4 is 5.78 Å². The summed E-state index contributed by atoms with van der Waals surface area (Å²) in [6.07, 6.45) is 3.65. The van der Waals surface area contributed by atoms with E-state index < -0.39 is 0 Å². The molecule has 9 heavy (non-hydrogen) atoms. The summed E-state index contributed by atoms with van der Waals surface area (Å²) in [5, 5.41) is 0. The number of hydrogen-bond acceptors (Lipinski definition) is 1. The molecule has 3 aliphatic carbocycles. The molecule has 0 saturated heterocycles. The van der Waals surface area contributed by atoms with Crippen molar-refractivity contribution in [3.8, 4) is 0 Å². The highest BCUT2D eigenvalue weighted by atomic mass is 16.1. The number of carbonyl (C=O) groups is 1. The molecule has 0 aromatic carbocycles. The van der Waals surface area contributed by atoms with Gasteiger partial charge >= 0.3 is 0 Å². The van der Waals surface area contributed by atoms with Crippen LogP contribution in [-0.2, 0) is 4.79 Å². The van der Waals surface area contributed by atoms with Gasteiger partial charge in [0.05, 0.1) is 0 Å². The number of fused-ring (bicyclic) bond motifs is 2. The highest BCUT2D eigenvalue weighted by molar-refractivity contribution is 5.90. The van der Waals surface area contributed by atoms with Crippen molar-refractivity contribution in [2.75, 3.05) is 0 Å². The second-order valence-corrected chi connectivity index (χ2v) is 3.41. The van der Waals surface area contributed by atoms with E-state index in [2.05, 4.69) is 6.92 Å². The predicted octanol–water partition coefficient (Wildman–Crippen LogP) is 1.62. The lowest BCUT2D eigenvalue weighted by molar-refractivity contribution is -0.146. The lowest BCUT2D eigenvalue weighted by Gasteiger charge is -2.45. The highest BCUT2D eigenvalue weighted by Crippen LogP contribution is 2.46. The van der Waals surface area contributed by atoms with Crippen molar-refractivity contribution in [2.45, 2.75) is 26.2 Å². The Kier molecular flexibility index (Phi) is 0.961. The third-order valence-electron chi connectivity index (χ3n) is 3.03. The predicted molar refractivity (Wildman–Crippen MR) is 35.0 cm³/mol. The van der Waals surface area contributed by atoms with Crippen LogP contribution in [0.3, 0.4) is 0 Å². The van der Waals surface area contributed by atoms with E-state index in [-0.39, 0.29) is 0 Å². The Morgan fingerprint density at radius 2 is 1.89 bits per heavy atom. The van der Waals surface area contributed by atoms with Gasteiger partial charge in [0.1, 0.15) is 5.78 Å². The average Bonchev–Trinajstić information content (AvgIpc) is 1.91. The first kappa shape index (κ1) is 5.45. The summed E-state index contributed by atoms with van der Waals surface area (Å²) < 4.78 is 0. The summed E-state index contributed by atoms with van der Waals surface area (Å²) in [5.41, 5.74) is 0. The Balaban J connectivity index is 2.17. The Bertz CT molecular complexity index is 137. The minimum Gasteiger partial charge on any atom is -0.299 e. The van der Waals surface area contributed by atoms with Crippen LogP contribution in [0.5, 0.6) is 0 Å². The van der Waals surface area contributed by atoms with Crippen LogP contribution in [0, 0.1) is 17.8 Å². The summed E-state index contributed by atoms with van der Waals surface area (Å²) in [4.78, 5) is 11.1. The summed E-state index contributed by atoms with van der Waals surface area (Å²) in [7, 11) is 0. The fourth-order valence-electron chi connectivity index (χ4n) is 2.32. The molecule has 0 N–H and O–H groups in total. The minimum atomic E-state index is 0.476. The van der Waals surface area contributed by atoms with Crippen molar-refractivity contribution in [2.24, 2.45) is 17.8 Å². The molecule has 1 heteroatoms. The van der Waals surface area contributed by atoms with E-state index in [1.54, 1.807) is 0 Å². The summed E-state index contributed by atoms with van der Waals surface area (Å²) >= 11 is 0. The summed E-state index contributed by atoms with van der Waals surface area (Å²) in [5.74, 6) is 2.24. The van der Waals surface area contributed by atoms with Crippen LogP contribution in [0.4, 0.5) is 0 Å². The number of carbonyl (C=O) groups excluding carboxylic acids is 1. The molecule has 2 atom stereocenters. The molecule has 3 rings (SSSR count). The molecule has 0 heterocycles. The van der Waals surface area contributed by atoms with Crippen LogP contribution in [0.25, 0.3) is 0 Å². The zero-order chi connectivity index (χ0) is 6.43. The molecule has 2 unspecified atom stereocenters. The molecule has 1 nitrogen and oxygen atoms in total. The number of rotatable bonds is 0. The third-order valence-corrected chi connectivity index (χ3v) is 3.03. The maximum atomic E-state index is 11.1. The van der Waals surface area contributed by atoms with Gasteiger partial charge < -0.3 is 0 Å². The second kappa shape index (κ2) is 1.59. The Morgan fingerprint density at radius 1 is 1.33 bits per heavy atom. The van der Waals surface area contributed by atoms with Gasteiger partial charge in [-0.2, -0.15) is 0 Å². The molecule has 0 radical (unpaired) electrons. The zero-order valence-electron chi connectivity index (χ0n) is 5.76. The molecule has 0 aromatic rings. The van der Waals surface area contributed by atoms with Crippen LogP contribution >= 0.6 is 0 Å². The standard InChI is InChI=1S/C8H12O/c1-5-6-3-2-4-7(5)8(6)9/h5-7H,2-4H2,1H3. The second-order valence-electron chi connectivity index (χ2n) is 3.41. The van der Waals surface area contributed by atoms with Gasteiger partial charge in [-0.05, 0) is 18.8 Å². The smallest absolute Gasteiger partial charge is 0.139 e. The van der Waals surface area contributed by atoms with Crippen molar-refractivity contribution in [1.29, 1.82) is 0 Å². The molecule has 3 fully saturated rings. The maximum Gasteiger partial charge on any atom is 0.139 e. The van der Waals surface area contributed by atoms with Gasteiger partial charge in [-0.3, -0.25) is 4.79 Å². The zero-order valence-corrected chi connectivity index (χ0v) is 5.76. The van der Waals surface area contributed by atoms with E-state index >= 15 is 0 Å². The van der Waals surface area contributed by atoms with E-state index in [0.29, 0.717) is 17.6 Å². The maximum absolute atomic E-state index is 11.1. The molecule has 0 aromatic heterocycles. The largest absolute Gasteiger partial charge is 0.299 e. The topological polar surface area (TPSA) is 17.1 Å². The minimum absolute atomic E-state index is 0.476. The Labute approximate surface area is 55.4 Å². The van der Waals surface area contributed by atoms with Crippen LogP contribution < -0.4 is 0 Å². The van der Waals surface area contributed by atoms with Crippen LogP contribution in [-0.4, -0.2) is 5.78 Å². The van der Waals surface area contributed by atoms with Crippen molar-refractivity contribution in [3.05, 3.63) is 0 Å². The van der Waals surface area contributed by atoms with E-state index in [4.69, 9.17) is 0 Å². The summed E-state index contributed by atoms with van der Waals surface area (Å²) in [6, 6.07) is 0. The monoisotopic (exact) mass is 124 g/mol. The number of Topliss-reactive ketones (excluding diaryl/α,β-unsaturated/α-hetero) is 1. The fraction of sp³-hybridized carbons (Fsp3) is 0.875. The van der Waals surface area contributed by atoms with Crippen LogP contribution in [0.2, 0.25) is 0 Å². The summed E-state index contributed by atoms with van der Waals surface area (Å²) in [6.45, 7) is 2.22. The normalized spacial score (nSPS) is 48.6. The van der Waals surface area contributed by atoms with Gasteiger partial charge in [-0.25, -0.2) is 0 Å². The molecule has 3 aliphatic rings. The Hall–Kier alpha value is -0.330. The van der Waals surface area contributed by atoms with Crippen molar-refractivity contribution < 1.29 is 4.79 Å². The van der Waals surface area contributed by atoms with Gasteiger partial charge in [0, 0.05) is 11.8 Å². The van der Waals surface area contributed by atoms with E-state index in [1.807, 2.05) is 0 Å². The fourth-order valence-corrected chi connectivity index (χ4v) is 2.32. The van der Waals surface area contributed by atoms with Crippen LogP contribution in [0.15, 0.2) is 0 Å². The molecular weight excluding hydrogens is 112 g/mol. The average molecular weight is 124 g/mol. The first-order chi connectivity index (χ1) is 4.30. The van der Waals surface area contributed by atoms with Gasteiger partial charge in [-0.15, -0.1) is 0 Å². The third kappa shape index (κ3) is 0.525. The first-order valence-electron chi connectivity index (χ1n) is 3.84. The van der Waals surface area contributed by atoms with Gasteiger partial charge in [-0.1, -0.05) is 13.3 Å². The molecule has 50 valence electrons. The molecule has 0 spiro atoms. The quantitative estimate of drug-likeness (QED) is 0.479. The van der Waals surface area contributed by atoms with Crippen molar-refractivity contribution in [3.63, 3.8) is 0 Å². The molecule has 0 amide bonds. The SMILES string of the molecule is CC1C2CCCC1C2=O. The number of hydrogen-bond donors (Lipinski definition) is 0. The van der Waals surface area contributed by atoms with Crippen molar-refractivity contribution in [1.82, 2.24) is 0 Å². The number of ketones is 1. The molecule has 3 saturated carbocycles. The lowest BCUT2D eigenvalue weighted by Crippen LogP contribution is -2.49. The van der Waals surface area contributed by atoms with E-state index in [1.165, 1.54) is 19.3 Å². The van der Waals surface area contributed by atoms with Gasteiger partial charge in [0.25, 0.3) is 0 Å². The lowest BCUT2D eigenvalue weighted by atomic mass is 9.57. The van der Waals surface area contributed by atoms with E-state index in [9.17, 15) is 4.79 Å².